The first kappa shape index (κ1) is 28.2. The minimum atomic E-state index is -0.0701. The fraction of sp³-hybridized carbons (Fsp3) is 0.600. The normalized spacial score (nSPS) is 13.7. The second kappa shape index (κ2) is 14.4. The summed E-state index contributed by atoms with van der Waals surface area (Å²) in [6.07, 6.45) is 9.03. The topological polar surface area (TPSA) is 67.9 Å². The van der Waals surface area contributed by atoms with Crippen molar-refractivity contribution in [2.45, 2.75) is 91.4 Å². The lowest BCUT2D eigenvalue weighted by molar-refractivity contribution is -0.0178. The quantitative estimate of drug-likeness (QED) is 0.155. The minimum absolute atomic E-state index is 0.0701. The van der Waals surface area contributed by atoms with Crippen molar-refractivity contribution < 1.29 is 0 Å². The van der Waals surface area contributed by atoms with Crippen LogP contribution in [0.25, 0.3) is 22.1 Å². The van der Waals surface area contributed by atoms with Gasteiger partial charge in [0.2, 0.25) is 0 Å². The van der Waals surface area contributed by atoms with Crippen LogP contribution in [0.4, 0.5) is 0 Å². The van der Waals surface area contributed by atoms with E-state index in [0.717, 1.165) is 99.6 Å². The average molecular weight is 519 g/mol. The van der Waals surface area contributed by atoms with E-state index in [1.807, 2.05) is 12.1 Å². The maximum atomic E-state index is 4.82. The molecule has 0 spiro atoms. The Morgan fingerprint density at radius 3 is 1.24 bits per heavy atom. The number of benzene rings is 2. The van der Waals surface area contributed by atoms with Crippen molar-refractivity contribution in [2.75, 3.05) is 26.2 Å². The molecule has 38 heavy (non-hydrogen) atoms. The Bertz CT molecular complexity index is 1120. The molecular formula is C30H46N8. The van der Waals surface area contributed by atoms with Crippen molar-refractivity contribution in [3.05, 3.63) is 48.5 Å². The molecule has 4 rings (SSSR count). The molecule has 0 bridgehead atoms. The molecule has 2 aromatic heterocycles. The molecule has 0 N–H and O–H groups in total. The van der Waals surface area contributed by atoms with E-state index >= 15 is 0 Å². The summed E-state index contributed by atoms with van der Waals surface area (Å²) in [4.78, 5) is 5.28. The van der Waals surface area contributed by atoms with Gasteiger partial charge in [-0.2, -0.15) is 0 Å². The lowest BCUT2D eigenvalue weighted by Crippen LogP contribution is -2.48. The van der Waals surface area contributed by atoms with Crippen LogP contribution in [-0.4, -0.2) is 66.0 Å². The van der Waals surface area contributed by atoms with Crippen LogP contribution in [0.15, 0.2) is 48.5 Å². The highest BCUT2D eigenvalue weighted by Crippen LogP contribution is 2.35. The second-order valence-electron chi connectivity index (χ2n) is 10.4. The van der Waals surface area contributed by atoms with Gasteiger partial charge in [-0.05, 0) is 49.9 Å². The van der Waals surface area contributed by atoms with Crippen molar-refractivity contribution in [1.29, 1.82) is 0 Å². The third-order valence-corrected chi connectivity index (χ3v) is 7.47. The van der Waals surface area contributed by atoms with Crippen molar-refractivity contribution in [3.8, 4) is 0 Å². The van der Waals surface area contributed by atoms with E-state index < -0.39 is 0 Å². The number of fused-ring (bicyclic) bond motifs is 2. The van der Waals surface area contributed by atoms with Gasteiger partial charge in [-0.25, -0.2) is 9.36 Å². The zero-order valence-corrected chi connectivity index (χ0v) is 23.8. The van der Waals surface area contributed by atoms with Gasteiger partial charge in [-0.15, -0.1) is 10.2 Å². The highest BCUT2D eigenvalue weighted by Gasteiger charge is 2.37. The molecule has 2 aromatic carbocycles. The maximum Gasteiger partial charge on any atom is 0.143 e. The van der Waals surface area contributed by atoms with Gasteiger partial charge < -0.3 is 0 Å². The zero-order chi connectivity index (χ0) is 26.7. The molecule has 8 nitrogen and oxygen atoms in total. The third kappa shape index (κ3) is 6.41. The standard InChI is InChI=1S/C30H46N8/c1-5-9-21-35(22-10-6-2)29(37-27-19-15-13-17-25(27)31-33-37)30(36(23-11-7-3)24-12-8-4)38-28-20-16-14-18-26(28)32-34-38/h13-20,29-30H,5-12,21-24H2,1-4H3. The highest BCUT2D eigenvalue weighted by atomic mass is 15.6. The number of para-hydroxylation sites is 2. The van der Waals surface area contributed by atoms with Crippen LogP contribution in [-0.2, 0) is 0 Å². The van der Waals surface area contributed by atoms with Crippen LogP contribution >= 0.6 is 0 Å². The summed E-state index contributed by atoms with van der Waals surface area (Å²) in [5, 5.41) is 18.9. The molecule has 8 heteroatoms. The van der Waals surface area contributed by atoms with Gasteiger partial charge in [0.1, 0.15) is 23.4 Å². The summed E-state index contributed by atoms with van der Waals surface area (Å²) >= 11 is 0. The van der Waals surface area contributed by atoms with Gasteiger partial charge in [0.05, 0.1) is 11.0 Å². The lowest BCUT2D eigenvalue weighted by atomic mass is 10.1. The Morgan fingerprint density at radius 1 is 0.553 bits per heavy atom. The highest BCUT2D eigenvalue weighted by molar-refractivity contribution is 5.75. The molecule has 0 radical (unpaired) electrons. The van der Waals surface area contributed by atoms with E-state index in [0.29, 0.717) is 0 Å². The van der Waals surface area contributed by atoms with E-state index in [4.69, 9.17) is 10.4 Å². The summed E-state index contributed by atoms with van der Waals surface area (Å²) in [6.45, 7) is 13.1. The summed E-state index contributed by atoms with van der Waals surface area (Å²) in [7, 11) is 0. The van der Waals surface area contributed by atoms with Gasteiger partial charge in [0, 0.05) is 26.2 Å². The molecule has 2 unspecified atom stereocenters. The van der Waals surface area contributed by atoms with Crippen molar-refractivity contribution in [3.63, 3.8) is 0 Å². The predicted octanol–water partition coefficient (Wildman–Crippen LogP) is 6.68. The number of rotatable bonds is 17. The van der Waals surface area contributed by atoms with Gasteiger partial charge in [-0.3, -0.25) is 9.80 Å². The largest absolute Gasteiger partial charge is 0.279 e. The summed E-state index contributed by atoms with van der Waals surface area (Å²) < 4.78 is 4.35. The van der Waals surface area contributed by atoms with Crippen LogP contribution in [0.5, 0.6) is 0 Å². The van der Waals surface area contributed by atoms with Crippen LogP contribution < -0.4 is 0 Å². The smallest absolute Gasteiger partial charge is 0.143 e. The van der Waals surface area contributed by atoms with Gasteiger partial charge in [-0.1, -0.05) is 88.1 Å². The SMILES string of the molecule is CCCCN(CCCC)C(C(N(CCCC)CCCC)n1nnc2ccccc21)n1nnc2ccccc21. The third-order valence-electron chi connectivity index (χ3n) is 7.47. The predicted molar refractivity (Wildman–Crippen MR) is 156 cm³/mol. The zero-order valence-electron chi connectivity index (χ0n) is 23.8. The first-order valence-electron chi connectivity index (χ1n) is 14.8. The van der Waals surface area contributed by atoms with E-state index in [2.05, 4.69) is 93.5 Å². The molecule has 0 amide bonds. The van der Waals surface area contributed by atoms with Gasteiger partial charge in [0.25, 0.3) is 0 Å². The monoisotopic (exact) mass is 518 g/mol. The van der Waals surface area contributed by atoms with E-state index in [-0.39, 0.29) is 12.3 Å². The molecule has 0 aliphatic rings. The molecule has 2 atom stereocenters. The van der Waals surface area contributed by atoms with Gasteiger partial charge >= 0.3 is 0 Å². The van der Waals surface area contributed by atoms with Crippen LogP contribution in [0.1, 0.15) is 91.4 Å². The average Bonchev–Trinajstić information content (AvgIpc) is 3.57. The van der Waals surface area contributed by atoms with Gasteiger partial charge in [0.15, 0.2) is 0 Å². The summed E-state index contributed by atoms with van der Waals surface area (Å²) in [5.41, 5.74) is 3.99. The van der Waals surface area contributed by atoms with Crippen LogP contribution in [0.2, 0.25) is 0 Å². The molecule has 0 saturated heterocycles. The Kier molecular flexibility index (Phi) is 10.6. The molecule has 0 saturated carbocycles. The minimum Gasteiger partial charge on any atom is -0.279 e. The van der Waals surface area contributed by atoms with E-state index in [1.165, 1.54) is 0 Å². The Balaban J connectivity index is 1.94. The van der Waals surface area contributed by atoms with E-state index in [9.17, 15) is 0 Å². The second-order valence-corrected chi connectivity index (χ2v) is 10.4. The molecule has 4 aromatic rings. The first-order chi connectivity index (χ1) is 18.7. The Labute approximate surface area is 228 Å². The molecule has 0 aliphatic carbocycles. The van der Waals surface area contributed by atoms with Crippen LogP contribution in [0.3, 0.4) is 0 Å². The first-order valence-corrected chi connectivity index (χ1v) is 14.8. The molecule has 0 aliphatic heterocycles. The number of hydrogen-bond donors (Lipinski definition) is 0. The number of aromatic nitrogens is 6. The van der Waals surface area contributed by atoms with Crippen molar-refractivity contribution >= 4 is 22.1 Å². The number of unbranched alkanes of at least 4 members (excludes halogenated alkanes) is 4. The summed E-state index contributed by atoms with van der Waals surface area (Å²) in [5.74, 6) is 0. The molecule has 206 valence electrons. The van der Waals surface area contributed by atoms with Crippen molar-refractivity contribution in [2.24, 2.45) is 0 Å². The molecule has 2 heterocycles. The summed E-state index contributed by atoms with van der Waals surface area (Å²) in [6, 6.07) is 16.7. The van der Waals surface area contributed by atoms with E-state index in [1.54, 1.807) is 0 Å². The Morgan fingerprint density at radius 2 is 0.895 bits per heavy atom. The molecule has 0 fully saturated rings. The fourth-order valence-electron chi connectivity index (χ4n) is 5.30. The number of hydrogen-bond acceptors (Lipinski definition) is 6. The Hall–Kier alpha value is -2.84. The number of nitrogens with zero attached hydrogens (tertiary/aromatic N) is 8. The fourth-order valence-corrected chi connectivity index (χ4v) is 5.30. The maximum absolute atomic E-state index is 4.82. The molecular weight excluding hydrogens is 472 g/mol. The lowest BCUT2D eigenvalue weighted by Gasteiger charge is -2.42. The van der Waals surface area contributed by atoms with Crippen molar-refractivity contribution in [1.82, 2.24) is 39.8 Å². The van der Waals surface area contributed by atoms with Crippen LogP contribution in [0, 0.1) is 0 Å².